The number of benzene rings is 2. The largest absolute Gasteiger partial charge is 0.494 e. The molecule has 0 radical (unpaired) electrons. The Morgan fingerprint density at radius 2 is 1.69 bits per heavy atom. The molecule has 0 fully saturated rings. The maximum Gasteiger partial charge on any atom is 0.416 e. The van der Waals surface area contributed by atoms with Gasteiger partial charge in [0.15, 0.2) is 0 Å². The van der Waals surface area contributed by atoms with E-state index in [1.165, 1.54) is 17.7 Å². The van der Waals surface area contributed by atoms with Crippen LogP contribution in [0.4, 0.5) is 13.2 Å². The smallest absolute Gasteiger partial charge is 0.416 e. The van der Waals surface area contributed by atoms with E-state index >= 15 is 0 Å². The number of carboxylic acid groups (broad SMARTS) is 1. The number of carboxylic acids is 1. The Bertz CT molecular complexity index is 761. The molecule has 0 bridgehead atoms. The fourth-order valence-electron chi connectivity index (χ4n) is 2.86. The third-order valence-electron chi connectivity index (χ3n) is 4.39. The van der Waals surface area contributed by atoms with Crippen LogP contribution in [0.15, 0.2) is 48.5 Å². The third-order valence-corrected chi connectivity index (χ3v) is 4.39. The topological polar surface area (TPSA) is 58.6 Å². The van der Waals surface area contributed by atoms with Gasteiger partial charge in [-0.05, 0) is 61.6 Å². The van der Waals surface area contributed by atoms with Crippen molar-refractivity contribution in [1.82, 2.24) is 5.32 Å². The maximum atomic E-state index is 12.7. The van der Waals surface area contributed by atoms with Crippen LogP contribution in [-0.2, 0) is 23.8 Å². The first kappa shape index (κ1) is 22.7. The highest BCUT2D eigenvalue weighted by molar-refractivity contribution is 5.66. The fourth-order valence-corrected chi connectivity index (χ4v) is 2.86. The van der Waals surface area contributed by atoms with Gasteiger partial charge in [-0.1, -0.05) is 30.3 Å². The minimum Gasteiger partial charge on any atom is -0.494 e. The van der Waals surface area contributed by atoms with Gasteiger partial charge in [0.05, 0.1) is 18.6 Å². The van der Waals surface area contributed by atoms with Crippen molar-refractivity contribution in [3.05, 3.63) is 65.2 Å². The summed E-state index contributed by atoms with van der Waals surface area (Å²) in [5.74, 6) is -0.0692. The van der Waals surface area contributed by atoms with Gasteiger partial charge in [0, 0.05) is 6.54 Å². The molecule has 2 rings (SSSR count). The van der Waals surface area contributed by atoms with Crippen molar-refractivity contribution in [2.45, 2.75) is 38.3 Å². The van der Waals surface area contributed by atoms with Crippen LogP contribution in [0.25, 0.3) is 0 Å². The van der Waals surface area contributed by atoms with Crippen LogP contribution in [0.1, 0.15) is 36.0 Å². The van der Waals surface area contributed by atoms with Crippen molar-refractivity contribution >= 4 is 5.97 Å². The average molecular weight is 409 g/mol. The number of nitrogens with one attached hydrogen (secondary N) is 1. The lowest BCUT2D eigenvalue weighted by Gasteiger charge is -2.10. The highest BCUT2D eigenvalue weighted by Crippen LogP contribution is 2.29. The van der Waals surface area contributed by atoms with Crippen molar-refractivity contribution in [2.75, 3.05) is 19.7 Å². The number of hydrogen-bond acceptors (Lipinski definition) is 3. The van der Waals surface area contributed by atoms with Crippen LogP contribution >= 0.6 is 0 Å². The lowest BCUT2D eigenvalue weighted by molar-refractivity contribution is -0.138. The Morgan fingerprint density at radius 3 is 2.38 bits per heavy atom. The van der Waals surface area contributed by atoms with Crippen molar-refractivity contribution in [3.63, 3.8) is 0 Å². The van der Waals surface area contributed by atoms with Crippen molar-refractivity contribution in [1.29, 1.82) is 0 Å². The van der Waals surface area contributed by atoms with E-state index in [4.69, 9.17) is 9.84 Å². The Balaban J connectivity index is 1.64. The molecule has 29 heavy (non-hydrogen) atoms. The molecule has 4 nitrogen and oxygen atoms in total. The molecule has 0 spiro atoms. The van der Waals surface area contributed by atoms with Gasteiger partial charge < -0.3 is 15.2 Å². The van der Waals surface area contributed by atoms with Crippen LogP contribution in [0.3, 0.4) is 0 Å². The summed E-state index contributed by atoms with van der Waals surface area (Å²) < 4.78 is 43.8. The Labute approximate surface area is 168 Å². The number of alkyl halides is 3. The van der Waals surface area contributed by atoms with E-state index < -0.39 is 17.7 Å². The molecule has 0 aliphatic carbocycles. The second-order valence-electron chi connectivity index (χ2n) is 6.79. The summed E-state index contributed by atoms with van der Waals surface area (Å²) >= 11 is 0. The fraction of sp³-hybridized carbons (Fsp3) is 0.409. The number of rotatable bonds is 12. The molecular formula is C22H26F3NO3. The quantitative estimate of drug-likeness (QED) is 0.499. The Hall–Kier alpha value is -2.54. The summed E-state index contributed by atoms with van der Waals surface area (Å²) in [4.78, 5) is 10.4. The van der Waals surface area contributed by atoms with Crippen LogP contribution in [0.5, 0.6) is 5.75 Å². The number of hydrogen-bond donors (Lipinski definition) is 2. The molecular weight excluding hydrogens is 383 g/mol. The molecule has 0 aliphatic heterocycles. The highest BCUT2D eigenvalue weighted by atomic mass is 19.4. The van der Waals surface area contributed by atoms with Crippen LogP contribution in [-0.4, -0.2) is 30.8 Å². The van der Waals surface area contributed by atoms with E-state index in [0.717, 1.165) is 31.2 Å². The molecule has 0 aromatic heterocycles. The summed E-state index contributed by atoms with van der Waals surface area (Å²) in [6, 6.07) is 13.1. The lowest BCUT2D eigenvalue weighted by Crippen LogP contribution is -2.19. The molecule has 0 atom stereocenters. The Kier molecular flexibility index (Phi) is 8.99. The van der Waals surface area contributed by atoms with Crippen LogP contribution in [0.2, 0.25) is 0 Å². The molecule has 0 amide bonds. The molecule has 0 saturated heterocycles. The van der Waals surface area contributed by atoms with Crippen molar-refractivity contribution in [3.8, 4) is 5.75 Å². The molecule has 158 valence electrons. The molecule has 2 N–H and O–H groups in total. The van der Waals surface area contributed by atoms with Gasteiger partial charge in [0.1, 0.15) is 5.75 Å². The second-order valence-corrected chi connectivity index (χ2v) is 6.79. The van der Waals surface area contributed by atoms with Gasteiger partial charge in [-0.15, -0.1) is 0 Å². The van der Waals surface area contributed by atoms with Crippen molar-refractivity contribution < 1.29 is 27.8 Å². The summed E-state index contributed by atoms with van der Waals surface area (Å²) in [7, 11) is 0. The number of halogens is 3. The van der Waals surface area contributed by atoms with Gasteiger partial charge in [0.2, 0.25) is 0 Å². The maximum absolute atomic E-state index is 12.7. The second kappa shape index (κ2) is 11.5. The zero-order valence-electron chi connectivity index (χ0n) is 16.2. The predicted molar refractivity (Wildman–Crippen MR) is 105 cm³/mol. The summed E-state index contributed by atoms with van der Waals surface area (Å²) in [6.45, 7) is 1.67. The van der Waals surface area contributed by atoms with Gasteiger partial charge in [-0.3, -0.25) is 4.79 Å². The van der Waals surface area contributed by atoms with E-state index in [0.29, 0.717) is 31.6 Å². The standard InChI is InChI=1S/C22H26F3NO3/c23-22(24,25)19-7-1-4-18(16-19)6-3-15-29-20-10-8-17(9-11-20)5-2-13-26-14-12-21(27)28/h1,4,7-11,16,26H,2-3,5-6,12-15H2,(H,27,28). The van der Waals surface area contributed by atoms with E-state index in [1.807, 2.05) is 24.3 Å². The van der Waals surface area contributed by atoms with Gasteiger partial charge in [0.25, 0.3) is 0 Å². The van der Waals surface area contributed by atoms with Crippen LogP contribution < -0.4 is 10.1 Å². The SMILES string of the molecule is O=C(O)CCNCCCc1ccc(OCCCc2cccc(C(F)(F)F)c2)cc1. The van der Waals surface area contributed by atoms with E-state index in [1.54, 1.807) is 6.07 Å². The van der Waals surface area contributed by atoms with E-state index in [-0.39, 0.29) is 6.42 Å². The van der Waals surface area contributed by atoms with Crippen LogP contribution in [0, 0.1) is 0 Å². The molecule has 7 heteroatoms. The summed E-state index contributed by atoms with van der Waals surface area (Å²) in [5.41, 5.74) is 1.20. The molecule has 2 aromatic carbocycles. The molecule has 2 aromatic rings. The monoisotopic (exact) mass is 409 g/mol. The third kappa shape index (κ3) is 9.00. The first-order valence-corrected chi connectivity index (χ1v) is 9.65. The lowest BCUT2D eigenvalue weighted by atomic mass is 10.1. The first-order chi connectivity index (χ1) is 13.8. The predicted octanol–water partition coefficient (Wildman–Crippen LogP) is 4.71. The number of aryl methyl sites for hydroxylation is 2. The molecule has 0 heterocycles. The van der Waals surface area contributed by atoms with Gasteiger partial charge in [-0.2, -0.15) is 13.2 Å². The minimum absolute atomic E-state index is 0.125. The van der Waals surface area contributed by atoms with Gasteiger partial charge in [-0.25, -0.2) is 0 Å². The molecule has 0 unspecified atom stereocenters. The van der Waals surface area contributed by atoms with E-state index in [9.17, 15) is 18.0 Å². The van der Waals surface area contributed by atoms with Gasteiger partial charge >= 0.3 is 12.1 Å². The van der Waals surface area contributed by atoms with Crippen molar-refractivity contribution in [2.24, 2.45) is 0 Å². The minimum atomic E-state index is -4.32. The summed E-state index contributed by atoms with van der Waals surface area (Å²) in [6.07, 6.45) is -1.24. The number of carbonyl (C=O) groups is 1. The zero-order valence-corrected chi connectivity index (χ0v) is 16.2. The zero-order chi connectivity index (χ0) is 21.1. The first-order valence-electron chi connectivity index (χ1n) is 9.65. The number of ether oxygens (including phenoxy) is 1. The normalized spacial score (nSPS) is 11.4. The van der Waals surface area contributed by atoms with E-state index in [2.05, 4.69) is 5.32 Å². The number of aliphatic carboxylic acids is 1. The highest BCUT2D eigenvalue weighted by Gasteiger charge is 2.30. The summed E-state index contributed by atoms with van der Waals surface area (Å²) in [5, 5.41) is 11.6. The molecule has 0 aliphatic rings. The Morgan fingerprint density at radius 1 is 0.966 bits per heavy atom. The molecule has 0 saturated carbocycles. The average Bonchev–Trinajstić information content (AvgIpc) is 2.68.